The van der Waals surface area contributed by atoms with Crippen molar-refractivity contribution in [2.45, 2.75) is 39.0 Å². The number of fused-ring (bicyclic) bond motifs is 1. The molecule has 9 heteroatoms. The van der Waals surface area contributed by atoms with Crippen molar-refractivity contribution in [1.29, 1.82) is 0 Å². The van der Waals surface area contributed by atoms with Crippen LogP contribution in [0.3, 0.4) is 0 Å². The van der Waals surface area contributed by atoms with E-state index in [9.17, 15) is 9.59 Å². The monoisotopic (exact) mass is 497 g/mol. The summed E-state index contributed by atoms with van der Waals surface area (Å²) in [5.74, 6) is 0.547. The molecule has 3 aromatic heterocycles. The Bertz CT molecular complexity index is 1460. The molecule has 9 nitrogen and oxygen atoms in total. The molecular formula is C28H27N5O4. The molecule has 0 fully saturated rings. The number of benzene rings is 2. The molecule has 0 aliphatic carbocycles. The van der Waals surface area contributed by atoms with Crippen molar-refractivity contribution in [1.82, 2.24) is 25.2 Å². The lowest BCUT2D eigenvalue weighted by atomic mass is 10.0. The van der Waals surface area contributed by atoms with Crippen LogP contribution in [0.15, 0.2) is 94.2 Å². The lowest BCUT2D eigenvalue weighted by Crippen LogP contribution is -2.44. The van der Waals surface area contributed by atoms with Gasteiger partial charge < -0.3 is 19.1 Å². The Balaban J connectivity index is 1.49. The second kappa shape index (κ2) is 10.9. The number of rotatable bonds is 10. The molecule has 5 rings (SSSR count). The maximum atomic E-state index is 13.9. The number of para-hydroxylation sites is 1. The van der Waals surface area contributed by atoms with E-state index in [1.54, 1.807) is 41.5 Å². The van der Waals surface area contributed by atoms with Crippen LogP contribution in [0.4, 0.5) is 0 Å². The first-order valence-corrected chi connectivity index (χ1v) is 12.1. The van der Waals surface area contributed by atoms with Crippen molar-refractivity contribution in [3.8, 4) is 0 Å². The summed E-state index contributed by atoms with van der Waals surface area (Å²) >= 11 is 0. The molecule has 2 amide bonds. The molecule has 2 aromatic carbocycles. The zero-order chi connectivity index (χ0) is 25.6. The van der Waals surface area contributed by atoms with Gasteiger partial charge in [0, 0.05) is 0 Å². The van der Waals surface area contributed by atoms with E-state index in [0.29, 0.717) is 22.6 Å². The van der Waals surface area contributed by atoms with Crippen LogP contribution in [0.1, 0.15) is 35.6 Å². The lowest BCUT2D eigenvalue weighted by molar-refractivity contribution is -0.142. The number of hydrogen-bond donors (Lipinski definition) is 1. The normalized spacial score (nSPS) is 11.9. The molecule has 0 aliphatic heterocycles. The standard InChI is InChI=1S/C28H27N5O4/c1-2-20-11-13-21(14-12-20)27(28(35)29-17-22-7-5-15-36-22)32(18-23-8-6-16-37-23)26(34)19-33-25-10-4-3-9-24(25)30-31-33/h3-16,27H,2,17-19H2,1H3,(H,29,35)/t27-/m1/s1. The summed E-state index contributed by atoms with van der Waals surface area (Å²) in [5.41, 5.74) is 3.25. The average molecular weight is 498 g/mol. The fourth-order valence-electron chi connectivity index (χ4n) is 4.24. The molecular weight excluding hydrogens is 470 g/mol. The predicted octanol–water partition coefficient (Wildman–Crippen LogP) is 4.27. The number of hydrogen-bond acceptors (Lipinski definition) is 6. The van der Waals surface area contributed by atoms with E-state index < -0.39 is 6.04 Å². The molecule has 0 aliphatic rings. The fourth-order valence-corrected chi connectivity index (χ4v) is 4.24. The van der Waals surface area contributed by atoms with Crippen molar-refractivity contribution >= 4 is 22.8 Å². The van der Waals surface area contributed by atoms with Gasteiger partial charge in [0.15, 0.2) is 0 Å². The molecule has 0 radical (unpaired) electrons. The van der Waals surface area contributed by atoms with Gasteiger partial charge in [0.05, 0.1) is 31.1 Å². The first kappa shape index (κ1) is 24.1. The molecule has 1 N–H and O–H groups in total. The van der Waals surface area contributed by atoms with Crippen LogP contribution in [0, 0.1) is 0 Å². The topological polar surface area (TPSA) is 106 Å². The molecule has 0 unspecified atom stereocenters. The number of nitrogens with zero attached hydrogens (tertiary/aromatic N) is 4. The van der Waals surface area contributed by atoms with Gasteiger partial charge in [-0.1, -0.05) is 48.5 Å². The van der Waals surface area contributed by atoms with E-state index in [-0.39, 0.29) is 31.4 Å². The minimum absolute atomic E-state index is 0.0871. The molecule has 3 heterocycles. The second-order valence-electron chi connectivity index (χ2n) is 8.63. The van der Waals surface area contributed by atoms with Crippen molar-refractivity contribution in [2.24, 2.45) is 0 Å². The zero-order valence-corrected chi connectivity index (χ0v) is 20.4. The highest BCUT2D eigenvalue weighted by atomic mass is 16.3. The molecule has 37 heavy (non-hydrogen) atoms. The van der Waals surface area contributed by atoms with Crippen LogP contribution < -0.4 is 5.32 Å². The summed E-state index contributed by atoms with van der Waals surface area (Å²) in [6, 6.07) is 21.3. The van der Waals surface area contributed by atoms with E-state index in [2.05, 4.69) is 22.6 Å². The van der Waals surface area contributed by atoms with Crippen LogP contribution in [-0.2, 0) is 35.6 Å². The third kappa shape index (κ3) is 5.45. The van der Waals surface area contributed by atoms with Gasteiger partial charge in [-0.05, 0) is 53.9 Å². The van der Waals surface area contributed by atoms with Crippen LogP contribution in [0.25, 0.3) is 11.0 Å². The van der Waals surface area contributed by atoms with E-state index in [1.807, 2.05) is 48.5 Å². The number of aromatic nitrogens is 3. The van der Waals surface area contributed by atoms with Gasteiger partial charge in [-0.2, -0.15) is 0 Å². The van der Waals surface area contributed by atoms with Crippen molar-refractivity contribution in [3.05, 3.63) is 108 Å². The van der Waals surface area contributed by atoms with Gasteiger partial charge in [0.2, 0.25) is 11.8 Å². The quantitative estimate of drug-likeness (QED) is 0.309. The lowest BCUT2D eigenvalue weighted by Gasteiger charge is -2.31. The Hall–Kier alpha value is -4.66. The van der Waals surface area contributed by atoms with Gasteiger partial charge in [0.25, 0.3) is 0 Å². The highest BCUT2D eigenvalue weighted by Gasteiger charge is 2.32. The third-order valence-electron chi connectivity index (χ3n) is 6.21. The minimum Gasteiger partial charge on any atom is -0.467 e. The highest BCUT2D eigenvalue weighted by Crippen LogP contribution is 2.26. The molecule has 0 spiro atoms. The first-order valence-electron chi connectivity index (χ1n) is 12.1. The Kier molecular flexibility index (Phi) is 7.12. The van der Waals surface area contributed by atoms with Crippen molar-refractivity contribution < 1.29 is 18.4 Å². The van der Waals surface area contributed by atoms with Crippen LogP contribution >= 0.6 is 0 Å². The SMILES string of the molecule is CCc1ccc([C@H](C(=O)NCc2ccco2)N(Cc2ccco2)C(=O)Cn2nnc3ccccc32)cc1. The Morgan fingerprint density at radius 2 is 1.68 bits per heavy atom. The van der Waals surface area contributed by atoms with E-state index in [1.165, 1.54) is 4.90 Å². The molecule has 188 valence electrons. The summed E-state index contributed by atoms with van der Waals surface area (Å²) in [5, 5.41) is 11.2. The minimum atomic E-state index is -0.909. The molecule has 0 saturated carbocycles. The van der Waals surface area contributed by atoms with E-state index in [4.69, 9.17) is 8.83 Å². The summed E-state index contributed by atoms with van der Waals surface area (Å²) in [6.45, 7) is 2.28. The number of nitrogens with one attached hydrogen (secondary N) is 1. The fraction of sp³-hybridized carbons (Fsp3) is 0.214. The van der Waals surface area contributed by atoms with Gasteiger partial charge >= 0.3 is 0 Å². The first-order chi connectivity index (χ1) is 18.1. The van der Waals surface area contributed by atoms with Crippen LogP contribution in [-0.4, -0.2) is 31.7 Å². The number of carbonyl (C=O) groups excluding carboxylic acids is 2. The Labute approximate surface area is 213 Å². The second-order valence-corrected chi connectivity index (χ2v) is 8.63. The average Bonchev–Trinajstić information content (AvgIpc) is 3.71. The largest absolute Gasteiger partial charge is 0.467 e. The van der Waals surface area contributed by atoms with Crippen molar-refractivity contribution in [2.75, 3.05) is 0 Å². The summed E-state index contributed by atoms with van der Waals surface area (Å²) in [6.07, 6.45) is 3.96. The smallest absolute Gasteiger partial charge is 0.247 e. The summed E-state index contributed by atoms with van der Waals surface area (Å²) < 4.78 is 12.5. The number of furan rings is 2. The molecule has 0 bridgehead atoms. The molecule has 5 aromatic rings. The van der Waals surface area contributed by atoms with Crippen LogP contribution in [0.5, 0.6) is 0 Å². The van der Waals surface area contributed by atoms with Gasteiger partial charge in [0.1, 0.15) is 29.6 Å². The summed E-state index contributed by atoms with van der Waals surface area (Å²) in [4.78, 5) is 29.0. The molecule has 0 saturated heterocycles. The number of carbonyl (C=O) groups is 2. The Morgan fingerprint density at radius 3 is 2.38 bits per heavy atom. The van der Waals surface area contributed by atoms with Crippen LogP contribution in [0.2, 0.25) is 0 Å². The predicted molar refractivity (Wildman–Crippen MR) is 136 cm³/mol. The Morgan fingerprint density at radius 1 is 0.946 bits per heavy atom. The zero-order valence-electron chi connectivity index (χ0n) is 20.4. The molecule has 1 atom stereocenters. The van der Waals surface area contributed by atoms with Crippen molar-refractivity contribution in [3.63, 3.8) is 0 Å². The summed E-state index contributed by atoms with van der Waals surface area (Å²) in [7, 11) is 0. The van der Waals surface area contributed by atoms with Gasteiger partial charge in [-0.25, -0.2) is 4.68 Å². The van der Waals surface area contributed by atoms with Gasteiger partial charge in [-0.15, -0.1) is 5.10 Å². The van der Waals surface area contributed by atoms with E-state index in [0.717, 1.165) is 17.5 Å². The highest BCUT2D eigenvalue weighted by molar-refractivity contribution is 5.89. The maximum absolute atomic E-state index is 13.9. The van der Waals surface area contributed by atoms with Gasteiger partial charge in [-0.3, -0.25) is 9.59 Å². The number of aryl methyl sites for hydroxylation is 1. The number of amides is 2. The maximum Gasteiger partial charge on any atom is 0.247 e. The van der Waals surface area contributed by atoms with E-state index >= 15 is 0 Å². The third-order valence-corrected chi connectivity index (χ3v) is 6.21.